The summed E-state index contributed by atoms with van der Waals surface area (Å²) < 4.78 is 9.17. The average Bonchev–Trinajstić information content (AvgIpc) is 2.59. The van der Waals surface area contributed by atoms with Crippen LogP contribution in [0.4, 0.5) is 0 Å². The Balaban J connectivity index is -0.000000491. The Bertz CT molecular complexity index is 481. The van der Waals surface area contributed by atoms with Crippen LogP contribution < -0.4 is 10.6 Å². The topological polar surface area (TPSA) is 154 Å². The first-order valence-corrected chi connectivity index (χ1v) is 8.64. The molecule has 6 unspecified atom stereocenters. The Morgan fingerprint density at radius 1 is 1.24 bits per heavy atom. The maximum absolute atomic E-state index is 11.0. The van der Waals surface area contributed by atoms with Gasteiger partial charge in [0, 0.05) is 13.0 Å². The van der Waals surface area contributed by atoms with Gasteiger partial charge >= 0.3 is 17.4 Å². The number of rotatable bonds is 7. The van der Waals surface area contributed by atoms with E-state index < -0.39 is 36.6 Å². The number of aliphatic hydroxyl groups excluding tert-OH is 3. The smallest absolute Gasteiger partial charge is 0.651 e. The molecule has 10 nitrogen and oxygen atoms in total. The van der Waals surface area contributed by atoms with Gasteiger partial charge in [-0.25, -0.2) is 0 Å². The van der Waals surface area contributed by atoms with Crippen molar-refractivity contribution in [3.8, 4) is 0 Å². The zero-order chi connectivity index (χ0) is 21.1. The minimum Gasteiger partial charge on any atom is -0.651 e. The van der Waals surface area contributed by atoms with Gasteiger partial charge in [-0.3, -0.25) is 9.59 Å². The van der Waals surface area contributed by atoms with Crippen molar-refractivity contribution in [2.24, 2.45) is 5.92 Å². The van der Waals surface area contributed by atoms with E-state index in [9.17, 15) is 29.7 Å². The van der Waals surface area contributed by atoms with Gasteiger partial charge in [-0.1, -0.05) is 25.7 Å². The van der Waals surface area contributed by atoms with E-state index in [1.807, 2.05) is 20.8 Å². The number of carbonyl (C=O) groups excluding carboxylic acids is 3. The van der Waals surface area contributed by atoms with E-state index in [0.29, 0.717) is 0 Å². The van der Waals surface area contributed by atoms with Crippen LogP contribution in [0.15, 0.2) is 0 Å². The molecule has 169 valence electrons. The first-order chi connectivity index (χ1) is 12.5. The average molecular weight is 457 g/mol. The van der Waals surface area contributed by atoms with Crippen molar-refractivity contribution in [1.29, 1.82) is 0 Å². The zero-order valence-corrected chi connectivity index (χ0v) is 18.7. The molecule has 1 aliphatic heterocycles. The third-order valence-corrected chi connectivity index (χ3v) is 3.69. The van der Waals surface area contributed by atoms with Crippen LogP contribution in [0.2, 0.25) is 0 Å². The maximum atomic E-state index is 11.0. The fourth-order valence-electron chi connectivity index (χ4n) is 2.18. The van der Waals surface area contributed by atoms with Gasteiger partial charge in [0.1, 0.15) is 24.4 Å². The molecule has 0 aromatic heterocycles. The number of hydrogen-bond acceptors (Lipinski definition) is 8. The number of nitrogens with one attached hydrogen (secondary N) is 2. The van der Waals surface area contributed by atoms with Crippen molar-refractivity contribution in [3.63, 3.8) is 0 Å². The van der Waals surface area contributed by atoms with Gasteiger partial charge in [0.2, 0.25) is 5.91 Å². The van der Waals surface area contributed by atoms with Crippen molar-refractivity contribution < 1.29 is 56.5 Å². The van der Waals surface area contributed by atoms with Crippen LogP contribution in [0.5, 0.6) is 0 Å². The van der Waals surface area contributed by atoms with E-state index in [4.69, 9.17) is 4.74 Å². The standard InChI is InChI=1S/C9H14NO7.C8H16NO.CH3.Cr/c1-4(12)10-6-8(14)7(13)5(2-16-3-11)17-9(6)15;1-5-7(4)8(10)9-6(2)3;;/h5-9,13-15H,2H2,1H3,(H,10,12);6-7H,4-5H2,1-3H3,(H,9,10);1H3;/q3*-1;+3. The molecule has 1 fully saturated rings. The van der Waals surface area contributed by atoms with Gasteiger partial charge < -0.3 is 54.6 Å². The number of carbonyl (C=O) groups is 2. The largest absolute Gasteiger partial charge is 3.00 e. The quantitative estimate of drug-likeness (QED) is 0.300. The maximum Gasteiger partial charge on any atom is 3.00 e. The molecule has 1 saturated heterocycles. The fourth-order valence-corrected chi connectivity index (χ4v) is 2.18. The number of aliphatic hydroxyl groups is 3. The van der Waals surface area contributed by atoms with Crippen LogP contribution >= 0.6 is 0 Å². The fraction of sp³-hybridized carbons (Fsp3) is 0.722. The van der Waals surface area contributed by atoms with Crippen LogP contribution in [-0.2, 0) is 41.2 Å². The summed E-state index contributed by atoms with van der Waals surface area (Å²) in [5, 5.41) is 33.8. The molecule has 0 spiro atoms. The molecule has 1 rings (SSSR count). The van der Waals surface area contributed by atoms with Crippen molar-refractivity contribution in [3.05, 3.63) is 14.4 Å². The van der Waals surface area contributed by atoms with Crippen molar-refractivity contribution in [2.75, 3.05) is 6.61 Å². The van der Waals surface area contributed by atoms with Gasteiger partial charge in [-0.05, 0) is 13.8 Å². The molecule has 29 heavy (non-hydrogen) atoms. The van der Waals surface area contributed by atoms with Crippen molar-refractivity contribution in [2.45, 2.75) is 70.8 Å². The van der Waals surface area contributed by atoms with Crippen LogP contribution in [-0.4, -0.2) is 76.9 Å². The second kappa shape index (κ2) is 16.6. The minimum absolute atomic E-state index is 0. The summed E-state index contributed by atoms with van der Waals surface area (Å²) in [6.07, 6.45) is -4.60. The van der Waals surface area contributed by atoms with Gasteiger partial charge in [-0.15, -0.1) is 0 Å². The molecule has 1 aliphatic rings. The van der Waals surface area contributed by atoms with E-state index >= 15 is 0 Å². The Kier molecular flexibility index (Phi) is 18.5. The Morgan fingerprint density at radius 3 is 2.21 bits per heavy atom. The molecule has 6 atom stereocenters. The first kappa shape index (κ1) is 32.4. The summed E-state index contributed by atoms with van der Waals surface area (Å²) in [7, 11) is 0. The number of amides is 2. The molecule has 0 aromatic rings. The molecule has 2 amide bonds. The summed E-state index contributed by atoms with van der Waals surface area (Å²) in [4.78, 5) is 31.7. The number of hydrogen-bond donors (Lipinski definition) is 5. The third-order valence-electron chi connectivity index (χ3n) is 3.69. The second-order valence-corrected chi connectivity index (χ2v) is 6.44. The van der Waals surface area contributed by atoms with E-state index in [1.54, 1.807) is 0 Å². The van der Waals surface area contributed by atoms with E-state index in [-0.39, 0.29) is 49.3 Å². The van der Waals surface area contributed by atoms with E-state index in [2.05, 4.69) is 22.3 Å². The first-order valence-electron chi connectivity index (χ1n) is 8.64. The van der Waals surface area contributed by atoms with Gasteiger partial charge in [0.25, 0.3) is 0 Å². The molecule has 0 aromatic carbocycles. The predicted molar refractivity (Wildman–Crippen MR) is 101 cm³/mol. The molecular weight excluding hydrogens is 424 g/mol. The summed E-state index contributed by atoms with van der Waals surface area (Å²) >= 11 is 0. The summed E-state index contributed by atoms with van der Waals surface area (Å²) in [6, 6.07) is -0.915. The Morgan fingerprint density at radius 2 is 1.79 bits per heavy atom. The predicted octanol–water partition coefficient (Wildman–Crippen LogP) is -1.17. The SMILES string of the molecule is CC(=O)NC1C(O)OC(CO[C-]=O)C(O)C1O.[CH2-]C(CC)C(=O)NC(C)C.[CH3-].[Cr+3]. The van der Waals surface area contributed by atoms with Crippen LogP contribution in [0.1, 0.15) is 34.1 Å². The molecule has 5 N–H and O–H groups in total. The summed E-state index contributed by atoms with van der Waals surface area (Å²) in [5.74, 6) is -0.528. The molecular formula is C18H33CrN2O8. The molecule has 0 saturated carbocycles. The monoisotopic (exact) mass is 457 g/mol. The number of ether oxygens (including phenoxy) is 2. The summed E-state index contributed by atoms with van der Waals surface area (Å²) in [6.45, 7) is 11.5. The zero-order valence-electron chi connectivity index (χ0n) is 17.5. The molecule has 11 heteroatoms. The third kappa shape index (κ3) is 12.2. The normalized spacial score (nSPS) is 26.4. The molecule has 1 radical (unpaired) electrons. The van der Waals surface area contributed by atoms with Crippen LogP contribution in [0, 0.1) is 20.3 Å². The molecule has 1 heterocycles. The van der Waals surface area contributed by atoms with Gasteiger partial charge in [0.05, 0.1) is 6.61 Å². The van der Waals surface area contributed by atoms with Gasteiger partial charge in [0.15, 0.2) is 12.2 Å². The minimum atomic E-state index is -1.50. The van der Waals surface area contributed by atoms with Gasteiger partial charge in [-0.2, -0.15) is 0 Å². The van der Waals surface area contributed by atoms with Crippen LogP contribution in [0.25, 0.3) is 0 Å². The Hall–Kier alpha value is -1.22. The molecule has 0 aliphatic carbocycles. The van der Waals surface area contributed by atoms with E-state index in [0.717, 1.165) is 12.9 Å². The molecule has 0 bridgehead atoms. The van der Waals surface area contributed by atoms with E-state index in [1.165, 1.54) is 6.92 Å². The Labute approximate surface area is 183 Å². The summed E-state index contributed by atoms with van der Waals surface area (Å²) in [5.41, 5.74) is 0. The van der Waals surface area contributed by atoms with Crippen LogP contribution in [0.3, 0.4) is 0 Å². The van der Waals surface area contributed by atoms with Crippen molar-refractivity contribution in [1.82, 2.24) is 10.6 Å². The second-order valence-electron chi connectivity index (χ2n) is 6.44. The van der Waals surface area contributed by atoms with Crippen molar-refractivity contribution >= 4 is 18.3 Å².